The lowest BCUT2D eigenvalue weighted by Crippen LogP contribution is -2.22. The molecule has 0 atom stereocenters. The van der Waals surface area contributed by atoms with Gasteiger partial charge in [0.2, 0.25) is 0 Å². The van der Waals surface area contributed by atoms with Gasteiger partial charge in [0, 0.05) is 12.6 Å². The number of benzene rings is 1. The summed E-state index contributed by atoms with van der Waals surface area (Å²) in [5.74, 6) is -0.348. The number of rotatable bonds is 3. The molecular weight excluding hydrogens is 266 g/mol. The lowest BCUT2D eigenvalue weighted by Gasteiger charge is -2.17. The number of fused-ring (bicyclic) bond motifs is 1. The first-order valence-corrected chi connectivity index (χ1v) is 7.05. The minimum absolute atomic E-state index is 0.348. The van der Waals surface area contributed by atoms with Gasteiger partial charge in [0.05, 0.1) is 5.52 Å². The number of aryl methyl sites for hydroxylation is 2. The number of esters is 1. The molecule has 21 heavy (non-hydrogen) atoms. The minimum Gasteiger partial charge on any atom is -0.457 e. The fourth-order valence-corrected chi connectivity index (χ4v) is 2.09. The summed E-state index contributed by atoms with van der Waals surface area (Å²) in [6, 6.07) is 3.94. The molecule has 0 saturated carbocycles. The van der Waals surface area contributed by atoms with E-state index in [1.165, 1.54) is 6.08 Å². The highest BCUT2D eigenvalue weighted by atomic mass is 16.6. The van der Waals surface area contributed by atoms with Crippen LogP contribution in [0.2, 0.25) is 0 Å². The van der Waals surface area contributed by atoms with Crippen LogP contribution in [0.15, 0.2) is 18.2 Å². The van der Waals surface area contributed by atoms with Crippen LogP contribution in [-0.4, -0.2) is 26.6 Å². The van der Waals surface area contributed by atoms with E-state index in [9.17, 15) is 4.79 Å². The summed E-state index contributed by atoms with van der Waals surface area (Å²) in [6.07, 6.45) is 3.21. The van der Waals surface area contributed by atoms with Gasteiger partial charge < -0.3 is 4.74 Å². The summed E-state index contributed by atoms with van der Waals surface area (Å²) in [6.45, 7) is 10.3. The number of hydrogen-bond acceptors (Lipinski definition) is 4. The maximum Gasteiger partial charge on any atom is 0.331 e. The van der Waals surface area contributed by atoms with E-state index >= 15 is 0 Å². The van der Waals surface area contributed by atoms with Gasteiger partial charge in [0.25, 0.3) is 0 Å². The summed E-state index contributed by atoms with van der Waals surface area (Å²) in [5.41, 5.74) is 3.33. The standard InChI is InChI=1S/C16H21N3O2/c1-6-19-13-9-7-12(11(2)15(13)17-18-19)8-10-14(20)21-16(3,4)5/h7-10H,6H2,1-5H3/b10-8+. The molecule has 0 fully saturated rings. The smallest absolute Gasteiger partial charge is 0.331 e. The van der Waals surface area contributed by atoms with E-state index < -0.39 is 5.60 Å². The van der Waals surface area contributed by atoms with Crippen molar-refractivity contribution in [1.82, 2.24) is 15.0 Å². The molecule has 0 bridgehead atoms. The molecule has 0 aliphatic carbocycles. The second kappa shape index (κ2) is 5.68. The van der Waals surface area contributed by atoms with Gasteiger partial charge in [-0.05, 0) is 57.9 Å². The molecule has 5 nitrogen and oxygen atoms in total. The van der Waals surface area contributed by atoms with Gasteiger partial charge >= 0.3 is 5.97 Å². The van der Waals surface area contributed by atoms with Crippen molar-refractivity contribution in [2.45, 2.75) is 46.8 Å². The molecule has 1 aromatic carbocycles. The van der Waals surface area contributed by atoms with Gasteiger partial charge in [-0.15, -0.1) is 5.10 Å². The van der Waals surface area contributed by atoms with Gasteiger partial charge in [-0.3, -0.25) is 0 Å². The highest BCUT2D eigenvalue weighted by Crippen LogP contribution is 2.21. The fourth-order valence-electron chi connectivity index (χ4n) is 2.09. The van der Waals surface area contributed by atoms with E-state index in [1.54, 1.807) is 6.08 Å². The maximum absolute atomic E-state index is 11.7. The zero-order chi connectivity index (χ0) is 15.6. The normalized spacial score (nSPS) is 12.2. The highest BCUT2D eigenvalue weighted by Gasteiger charge is 2.14. The first-order chi connectivity index (χ1) is 9.81. The molecule has 0 saturated heterocycles. The quantitative estimate of drug-likeness (QED) is 0.643. The average Bonchev–Trinajstić information content (AvgIpc) is 2.79. The largest absolute Gasteiger partial charge is 0.457 e. The van der Waals surface area contributed by atoms with Crippen LogP contribution in [0.4, 0.5) is 0 Å². The Balaban J connectivity index is 2.27. The summed E-state index contributed by atoms with van der Waals surface area (Å²) in [4.78, 5) is 11.7. The van der Waals surface area contributed by atoms with Crippen LogP contribution in [0, 0.1) is 6.92 Å². The average molecular weight is 287 g/mol. The molecule has 0 amide bonds. The summed E-state index contributed by atoms with van der Waals surface area (Å²) < 4.78 is 7.10. The minimum atomic E-state index is -0.482. The van der Waals surface area contributed by atoms with E-state index in [1.807, 2.05) is 51.4 Å². The van der Waals surface area contributed by atoms with Gasteiger partial charge in [0.1, 0.15) is 11.1 Å². The van der Waals surface area contributed by atoms with Crippen molar-refractivity contribution in [1.29, 1.82) is 0 Å². The van der Waals surface area contributed by atoms with Crippen molar-refractivity contribution in [3.8, 4) is 0 Å². The molecule has 0 N–H and O–H groups in total. The molecule has 0 unspecified atom stereocenters. The monoisotopic (exact) mass is 287 g/mol. The van der Waals surface area contributed by atoms with Crippen LogP contribution in [0.1, 0.15) is 38.8 Å². The third-order valence-electron chi connectivity index (χ3n) is 3.09. The highest BCUT2D eigenvalue weighted by molar-refractivity contribution is 5.89. The lowest BCUT2D eigenvalue weighted by atomic mass is 10.1. The van der Waals surface area contributed by atoms with Crippen molar-refractivity contribution in [3.05, 3.63) is 29.3 Å². The van der Waals surface area contributed by atoms with Crippen LogP contribution in [-0.2, 0) is 16.1 Å². The van der Waals surface area contributed by atoms with Gasteiger partial charge in [-0.1, -0.05) is 11.3 Å². The number of hydrogen-bond donors (Lipinski definition) is 0. The van der Waals surface area contributed by atoms with Crippen molar-refractivity contribution < 1.29 is 9.53 Å². The Morgan fingerprint density at radius 1 is 1.38 bits per heavy atom. The van der Waals surface area contributed by atoms with E-state index in [-0.39, 0.29) is 5.97 Å². The molecular formula is C16H21N3O2. The van der Waals surface area contributed by atoms with Crippen molar-refractivity contribution >= 4 is 23.1 Å². The SMILES string of the molecule is CCn1nnc2c(C)c(/C=C/C(=O)OC(C)(C)C)ccc21. The first kappa shape index (κ1) is 15.2. The van der Waals surface area contributed by atoms with Gasteiger partial charge in [-0.2, -0.15) is 0 Å². The number of carbonyl (C=O) groups is 1. The lowest BCUT2D eigenvalue weighted by molar-refractivity contribution is -0.148. The number of aromatic nitrogens is 3. The van der Waals surface area contributed by atoms with E-state index in [2.05, 4.69) is 10.3 Å². The molecule has 1 aromatic heterocycles. The Labute approximate surface area is 124 Å². The molecule has 1 heterocycles. The Kier molecular flexibility index (Phi) is 4.11. The van der Waals surface area contributed by atoms with Crippen LogP contribution in [0.5, 0.6) is 0 Å². The first-order valence-electron chi connectivity index (χ1n) is 7.05. The van der Waals surface area contributed by atoms with Crippen LogP contribution < -0.4 is 0 Å². The molecule has 0 aliphatic rings. The zero-order valence-electron chi connectivity index (χ0n) is 13.2. The van der Waals surface area contributed by atoms with Crippen molar-refractivity contribution in [3.63, 3.8) is 0 Å². The van der Waals surface area contributed by atoms with Crippen molar-refractivity contribution in [2.75, 3.05) is 0 Å². The third kappa shape index (κ3) is 3.48. The van der Waals surface area contributed by atoms with Crippen molar-refractivity contribution in [2.24, 2.45) is 0 Å². The number of nitrogens with zero attached hydrogens (tertiary/aromatic N) is 3. The van der Waals surface area contributed by atoms with Crippen LogP contribution in [0.25, 0.3) is 17.1 Å². The van der Waals surface area contributed by atoms with E-state index in [0.29, 0.717) is 0 Å². The second-order valence-corrected chi connectivity index (χ2v) is 5.92. The Morgan fingerprint density at radius 3 is 2.71 bits per heavy atom. The number of carbonyl (C=O) groups excluding carboxylic acids is 1. The topological polar surface area (TPSA) is 57.0 Å². The summed E-state index contributed by atoms with van der Waals surface area (Å²) in [7, 11) is 0. The predicted octanol–water partition coefficient (Wildman–Crippen LogP) is 3.11. The van der Waals surface area contributed by atoms with E-state index in [0.717, 1.165) is 28.7 Å². The Hall–Kier alpha value is -2.17. The molecule has 112 valence electrons. The summed E-state index contributed by atoms with van der Waals surface area (Å²) in [5, 5.41) is 8.31. The fraction of sp³-hybridized carbons (Fsp3) is 0.438. The third-order valence-corrected chi connectivity index (χ3v) is 3.09. The molecule has 0 spiro atoms. The second-order valence-electron chi connectivity index (χ2n) is 5.92. The summed E-state index contributed by atoms with van der Waals surface area (Å²) >= 11 is 0. The maximum atomic E-state index is 11.7. The van der Waals surface area contributed by atoms with Crippen LogP contribution in [0.3, 0.4) is 0 Å². The molecule has 0 aliphatic heterocycles. The van der Waals surface area contributed by atoms with Gasteiger partial charge in [0.15, 0.2) is 0 Å². The van der Waals surface area contributed by atoms with E-state index in [4.69, 9.17) is 4.74 Å². The molecule has 2 rings (SSSR count). The van der Waals surface area contributed by atoms with Crippen LogP contribution >= 0.6 is 0 Å². The Bertz CT molecular complexity index is 693. The molecule has 5 heteroatoms. The number of ether oxygens (including phenoxy) is 1. The Morgan fingerprint density at radius 2 is 2.10 bits per heavy atom. The van der Waals surface area contributed by atoms with Gasteiger partial charge in [-0.25, -0.2) is 9.48 Å². The molecule has 2 aromatic rings. The molecule has 0 radical (unpaired) electrons. The predicted molar refractivity (Wildman–Crippen MR) is 82.8 cm³/mol. The zero-order valence-corrected chi connectivity index (χ0v) is 13.2.